The number of hydrogen-bond donors (Lipinski definition) is 8. The lowest BCUT2D eigenvalue weighted by atomic mass is 10.0. The number of nitrogen functional groups attached to an aromatic ring is 2. The van der Waals surface area contributed by atoms with Crippen molar-refractivity contribution in [2.45, 2.75) is 44.0 Å². The number of benzene rings is 1. The summed E-state index contributed by atoms with van der Waals surface area (Å²) in [6.07, 6.45) is 1.56. The summed E-state index contributed by atoms with van der Waals surface area (Å²) in [6.45, 7) is 2.78. The van der Waals surface area contributed by atoms with Crippen molar-refractivity contribution in [2.24, 2.45) is 17.9 Å². The maximum atomic E-state index is 13.8. The second-order valence-corrected chi connectivity index (χ2v) is 14.0. The van der Waals surface area contributed by atoms with E-state index < -0.39 is 52.5 Å². The van der Waals surface area contributed by atoms with Crippen LogP contribution in [-0.4, -0.2) is 101 Å². The average Bonchev–Trinajstić information content (AvgIpc) is 3.66. The summed E-state index contributed by atoms with van der Waals surface area (Å²) in [5, 5.41) is 29.8. The molecule has 0 saturated carbocycles. The summed E-state index contributed by atoms with van der Waals surface area (Å²) >= 11 is 2.01. The Kier molecular flexibility index (Phi) is 11.4. The monoisotopic (exact) mass is 773 g/mol. The van der Waals surface area contributed by atoms with Gasteiger partial charge < -0.3 is 47.6 Å². The van der Waals surface area contributed by atoms with E-state index in [2.05, 4.69) is 30.5 Å². The molecule has 2 atom stereocenters. The SMILES string of the molecule is Cn1c(N)c(NC(=O)NCCN)c[n+]1CC1=C(C(=O)OCc2ccc(O)cc2)N2C(=O)[C@@H](NC(=O)/C(=N/OC(C)(C)C(=O)O)c3nsc(N)n3)[C@H]2SC1. The van der Waals surface area contributed by atoms with Crippen LogP contribution >= 0.6 is 23.3 Å². The van der Waals surface area contributed by atoms with Gasteiger partial charge in [-0.15, -0.1) is 21.1 Å². The van der Waals surface area contributed by atoms with Crippen LogP contribution in [0.5, 0.6) is 5.75 Å². The fourth-order valence-corrected chi connectivity index (χ4v) is 6.71. The van der Waals surface area contributed by atoms with E-state index in [0.29, 0.717) is 11.1 Å². The predicted octanol–water partition coefficient (Wildman–Crippen LogP) is -1.20. The Bertz CT molecular complexity index is 1990. The van der Waals surface area contributed by atoms with Crippen molar-refractivity contribution < 1.29 is 48.4 Å². The van der Waals surface area contributed by atoms with Gasteiger partial charge in [-0.05, 0) is 31.5 Å². The Labute approximate surface area is 309 Å². The number of esters is 1. The zero-order chi connectivity index (χ0) is 38.6. The molecule has 11 N–H and O–H groups in total. The van der Waals surface area contributed by atoms with Crippen molar-refractivity contribution in [3.05, 3.63) is 53.1 Å². The number of β-lactam (4-membered cyclic amide) rings is 1. The highest BCUT2D eigenvalue weighted by molar-refractivity contribution is 8.00. The Hall–Kier alpha value is -5.94. The van der Waals surface area contributed by atoms with E-state index >= 15 is 0 Å². The number of thioether (sulfide) groups is 1. The van der Waals surface area contributed by atoms with Crippen LogP contribution in [0.25, 0.3) is 0 Å². The van der Waals surface area contributed by atoms with Crippen LogP contribution in [0.1, 0.15) is 25.2 Å². The number of carboxylic acids is 1. The van der Waals surface area contributed by atoms with Crippen LogP contribution in [0, 0.1) is 0 Å². The van der Waals surface area contributed by atoms with Crippen molar-refractivity contribution in [1.29, 1.82) is 0 Å². The van der Waals surface area contributed by atoms with E-state index in [-0.39, 0.29) is 65.9 Å². The number of ether oxygens (including phenoxy) is 1. The van der Waals surface area contributed by atoms with Gasteiger partial charge in [-0.3, -0.25) is 19.8 Å². The number of amides is 4. The number of hydrogen-bond acceptors (Lipinski definition) is 16. The van der Waals surface area contributed by atoms with E-state index in [0.717, 1.165) is 11.5 Å². The van der Waals surface area contributed by atoms with Crippen LogP contribution in [-0.2, 0) is 49.0 Å². The second kappa shape index (κ2) is 15.7. The number of urea groups is 1. The number of rotatable bonds is 14. The number of aromatic hydroxyl groups is 1. The van der Waals surface area contributed by atoms with Crippen molar-refractivity contribution >= 4 is 75.4 Å². The van der Waals surface area contributed by atoms with Gasteiger partial charge in [0.1, 0.15) is 29.5 Å². The van der Waals surface area contributed by atoms with Crippen LogP contribution in [0.15, 0.2) is 46.9 Å². The fraction of sp³-hybridized carbons (Fsp3) is 0.367. The lowest BCUT2D eigenvalue weighted by Crippen LogP contribution is -2.71. The fourth-order valence-electron chi connectivity index (χ4n) is 4.94. The number of carbonyl (C=O) groups excluding carboxylic acids is 4. The molecule has 4 heterocycles. The predicted molar refractivity (Wildman–Crippen MR) is 190 cm³/mol. The number of nitrogens with two attached hydrogens (primary N) is 3. The number of oxime groups is 1. The first-order valence-electron chi connectivity index (χ1n) is 15.7. The number of nitrogens with one attached hydrogen (secondary N) is 3. The molecule has 1 aromatic carbocycles. The quantitative estimate of drug-likeness (QED) is 0.0314. The lowest BCUT2D eigenvalue weighted by molar-refractivity contribution is -0.765. The molecule has 0 bridgehead atoms. The third kappa shape index (κ3) is 8.42. The van der Waals surface area contributed by atoms with Gasteiger partial charge in [-0.1, -0.05) is 17.3 Å². The number of nitrogens with zero attached hydrogens (tertiary/aromatic N) is 6. The Morgan fingerprint density at radius 3 is 2.55 bits per heavy atom. The molecule has 23 heteroatoms. The molecule has 0 radical (unpaired) electrons. The molecule has 53 heavy (non-hydrogen) atoms. The number of aliphatic carboxylic acids is 1. The number of phenols is 1. The summed E-state index contributed by atoms with van der Waals surface area (Å²) in [5.41, 5.74) is 16.3. The first kappa shape index (κ1) is 38.3. The minimum atomic E-state index is -1.83. The van der Waals surface area contributed by atoms with Gasteiger partial charge in [0.05, 0.1) is 7.05 Å². The van der Waals surface area contributed by atoms with E-state index in [1.54, 1.807) is 34.7 Å². The van der Waals surface area contributed by atoms with Crippen LogP contribution in [0.3, 0.4) is 0 Å². The number of fused-ring (bicyclic) bond motifs is 1. The van der Waals surface area contributed by atoms with Crippen molar-refractivity contribution in [3.8, 4) is 5.75 Å². The minimum absolute atomic E-state index is 0.00420. The molecule has 1 fully saturated rings. The van der Waals surface area contributed by atoms with Crippen molar-refractivity contribution in [1.82, 2.24) is 29.6 Å². The highest BCUT2D eigenvalue weighted by Crippen LogP contribution is 2.41. The van der Waals surface area contributed by atoms with Crippen molar-refractivity contribution in [2.75, 3.05) is 35.6 Å². The molecule has 4 amide bonds. The van der Waals surface area contributed by atoms with Gasteiger partial charge in [0.2, 0.25) is 23.3 Å². The molecule has 2 aliphatic heterocycles. The molecule has 2 aromatic heterocycles. The number of phenolic OH excluding ortho intramolecular Hbond substituents is 1. The van der Waals surface area contributed by atoms with Gasteiger partial charge in [0, 0.05) is 35.9 Å². The third-order valence-corrected chi connectivity index (χ3v) is 9.78. The summed E-state index contributed by atoms with van der Waals surface area (Å²) in [6, 6.07) is 4.34. The maximum Gasteiger partial charge on any atom is 0.355 e. The molecule has 1 saturated heterocycles. The summed E-state index contributed by atoms with van der Waals surface area (Å²) in [5.74, 6) is -3.62. The Morgan fingerprint density at radius 1 is 1.19 bits per heavy atom. The number of carbonyl (C=O) groups is 5. The van der Waals surface area contributed by atoms with Crippen LogP contribution in [0.4, 0.5) is 21.4 Å². The molecule has 0 aliphatic carbocycles. The van der Waals surface area contributed by atoms with E-state index in [1.807, 2.05) is 0 Å². The topological polar surface area (TPSA) is 309 Å². The second-order valence-electron chi connectivity index (χ2n) is 12.1. The van der Waals surface area contributed by atoms with Gasteiger partial charge >= 0.3 is 18.0 Å². The number of carboxylic acid groups (broad SMARTS) is 1. The van der Waals surface area contributed by atoms with Crippen LogP contribution in [0.2, 0.25) is 0 Å². The van der Waals surface area contributed by atoms with Gasteiger partial charge in [-0.2, -0.15) is 9.36 Å². The Balaban J connectivity index is 1.41. The van der Waals surface area contributed by atoms with Gasteiger partial charge in [0.25, 0.3) is 11.8 Å². The molecule has 0 spiro atoms. The van der Waals surface area contributed by atoms with E-state index in [9.17, 15) is 34.2 Å². The van der Waals surface area contributed by atoms with Gasteiger partial charge in [0.15, 0.2) is 23.2 Å². The number of aromatic nitrogens is 4. The normalized spacial score (nSPS) is 17.1. The minimum Gasteiger partial charge on any atom is -0.508 e. The molecular weight excluding hydrogens is 737 g/mol. The zero-order valence-corrected chi connectivity index (χ0v) is 30.2. The first-order valence-corrected chi connectivity index (χ1v) is 17.5. The molecule has 2 aliphatic rings. The summed E-state index contributed by atoms with van der Waals surface area (Å²) < 4.78 is 12.8. The largest absolute Gasteiger partial charge is 0.508 e. The molecule has 3 aromatic rings. The smallest absolute Gasteiger partial charge is 0.355 e. The summed E-state index contributed by atoms with van der Waals surface area (Å²) in [7, 11) is 1.64. The lowest BCUT2D eigenvalue weighted by Gasteiger charge is -2.49. The van der Waals surface area contributed by atoms with Crippen LogP contribution < -0.4 is 37.8 Å². The summed E-state index contributed by atoms with van der Waals surface area (Å²) in [4.78, 5) is 75.3. The standard InChI is InChI=1S/C30H36N12O9S2/c1-30(2,27(47)48)51-38-18(22-37-28(33)53-39-22)23(44)36-19-24(45)42-20(26(46)50-12-14-4-6-16(43)7-5-14)15(13-52-25(19)42)10-41-11-17(21(32)40(41)3)35-29(49)34-9-8-31/h4-7,11,19,25,32H,8-10,12-13,31H2,1-3H3,(H7,33,34,35,36,37,39,43,44,47,48,49)/p+1/b38-18+/t19-,25-/m1/s1. The van der Waals surface area contributed by atoms with Gasteiger partial charge in [-0.25, -0.2) is 14.4 Å². The Morgan fingerprint density at radius 2 is 1.91 bits per heavy atom. The average molecular weight is 774 g/mol. The molecule has 0 unspecified atom stereocenters. The molecule has 282 valence electrons. The number of anilines is 3. The third-order valence-electron chi connectivity index (χ3n) is 7.90. The first-order chi connectivity index (χ1) is 25.1. The zero-order valence-electron chi connectivity index (χ0n) is 28.6. The highest BCUT2D eigenvalue weighted by atomic mass is 32.2. The molecular formula is C30H37N12O9S2+. The highest BCUT2D eigenvalue weighted by Gasteiger charge is 2.55. The maximum absolute atomic E-state index is 13.8. The molecule has 5 rings (SSSR count). The van der Waals surface area contributed by atoms with E-state index in [1.165, 1.54) is 42.6 Å². The van der Waals surface area contributed by atoms with E-state index in [4.69, 9.17) is 26.8 Å². The van der Waals surface area contributed by atoms with Crippen molar-refractivity contribution in [3.63, 3.8) is 0 Å². The molecule has 21 nitrogen and oxygen atoms in total.